The highest BCUT2D eigenvalue weighted by Gasteiger charge is 2.35. The molecule has 2 heterocycles. The zero-order chi connectivity index (χ0) is 25.7. The molecule has 0 aliphatic carbocycles. The van der Waals surface area contributed by atoms with E-state index < -0.39 is 0 Å². The Morgan fingerprint density at radius 2 is 1.86 bits per heavy atom. The Morgan fingerprint density at radius 1 is 1.11 bits per heavy atom. The van der Waals surface area contributed by atoms with Crippen LogP contribution in [0.3, 0.4) is 0 Å². The summed E-state index contributed by atoms with van der Waals surface area (Å²) >= 11 is 0. The van der Waals surface area contributed by atoms with Gasteiger partial charge in [0.05, 0.1) is 32.1 Å². The molecule has 2 aliphatic rings. The minimum Gasteiger partial charge on any atom is -0.496 e. The summed E-state index contributed by atoms with van der Waals surface area (Å²) in [5, 5.41) is 6.35. The standard InChI is InChI=1S/C28H36N4O4/c1-20-9-10-23(17-21(20)2)25-18-26(24-7-5-6-8-27(24)35-4)32(29-25)28(34)19-31(22(3)33)12-11-30-13-15-36-16-14-30/h5-10,17,26H,11-16,18-19H2,1-4H3. The second-order valence-electron chi connectivity index (χ2n) is 9.44. The van der Waals surface area contributed by atoms with Gasteiger partial charge >= 0.3 is 0 Å². The van der Waals surface area contributed by atoms with E-state index in [1.165, 1.54) is 18.1 Å². The fourth-order valence-electron chi connectivity index (χ4n) is 4.69. The van der Waals surface area contributed by atoms with Gasteiger partial charge in [-0.3, -0.25) is 14.5 Å². The van der Waals surface area contributed by atoms with E-state index in [2.05, 4.69) is 36.9 Å². The number of methoxy groups -OCH3 is 1. The van der Waals surface area contributed by atoms with E-state index in [4.69, 9.17) is 14.6 Å². The van der Waals surface area contributed by atoms with Crippen molar-refractivity contribution in [2.24, 2.45) is 5.10 Å². The highest BCUT2D eigenvalue weighted by molar-refractivity contribution is 6.03. The SMILES string of the molecule is COc1ccccc1C1CC(c2ccc(C)c(C)c2)=NN1C(=O)CN(CCN1CCOCC1)C(C)=O. The minimum atomic E-state index is -0.307. The van der Waals surface area contributed by atoms with Crippen LogP contribution in [-0.2, 0) is 14.3 Å². The lowest BCUT2D eigenvalue weighted by Crippen LogP contribution is -2.45. The Labute approximate surface area is 213 Å². The Hall–Kier alpha value is -3.23. The minimum absolute atomic E-state index is 0.0188. The van der Waals surface area contributed by atoms with Gasteiger partial charge in [-0.2, -0.15) is 5.10 Å². The summed E-state index contributed by atoms with van der Waals surface area (Å²) in [7, 11) is 1.63. The van der Waals surface area contributed by atoms with Crippen LogP contribution in [0.4, 0.5) is 0 Å². The third-order valence-electron chi connectivity index (χ3n) is 7.07. The van der Waals surface area contributed by atoms with Crippen LogP contribution in [0.15, 0.2) is 47.6 Å². The number of carbonyl (C=O) groups is 2. The molecule has 0 bridgehead atoms. The number of benzene rings is 2. The molecule has 192 valence electrons. The average Bonchev–Trinajstić information content (AvgIpc) is 3.34. The second-order valence-corrected chi connectivity index (χ2v) is 9.44. The Kier molecular flexibility index (Phi) is 8.38. The van der Waals surface area contributed by atoms with Crippen molar-refractivity contribution < 1.29 is 19.1 Å². The highest BCUT2D eigenvalue weighted by Crippen LogP contribution is 2.37. The molecule has 36 heavy (non-hydrogen) atoms. The van der Waals surface area contributed by atoms with Gasteiger partial charge in [0.15, 0.2) is 0 Å². The molecule has 4 rings (SSSR count). The van der Waals surface area contributed by atoms with Crippen LogP contribution in [0.2, 0.25) is 0 Å². The molecule has 0 aromatic heterocycles. The number of morpholine rings is 1. The van der Waals surface area contributed by atoms with Gasteiger partial charge in [0.25, 0.3) is 5.91 Å². The first-order valence-corrected chi connectivity index (χ1v) is 12.5. The number of amides is 2. The van der Waals surface area contributed by atoms with E-state index in [1.54, 1.807) is 17.0 Å². The van der Waals surface area contributed by atoms with E-state index in [0.717, 1.165) is 29.9 Å². The summed E-state index contributed by atoms with van der Waals surface area (Å²) in [6.07, 6.45) is 0.572. The molecule has 1 atom stereocenters. The lowest BCUT2D eigenvalue weighted by Gasteiger charge is -2.30. The molecule has 8 heteroatoms. The predicted octanol–water partition coefficient (Wildman–Crippen LogP) is 3.17. The van der Waals surface area contributed by atoms with Crippen LogP contribution in [0.25, 0.3) is 0 Å². The third-order valence-corrected chi connectivity index (χ3v) is 7.07. The summed E-state index contributed by atoms with van der Waals surface area (Å²) in [6, 6.07) is 13.7. The van der Waals surface area contributed by atoms with Crippen LogP contribution < -0.4 is 4.74 Å². The lowest BCUT2D eigenvalue weighted by atomic mass is 9.96. The first kappa shape index (κ1) is 25.9. The molecular weight excluding hydrogens is 456 g/mol. The molecule has 0 saturated carbocycles. The first-order valence-electron chi connectivity index (χ1n) is 12.5. The van der Waals surface area contributed by atoms with Gasteiger partial charge in [-0.15, -0.1) is 0 Å². The van der Waals surface area contributed by atoms with Gasteiger partial charge in [0.2, 0.25) is 5.91 Å². The molecule has 0 spiro atoms. The van der Waals surface area contributed by atoms with Gasteiger partial charge in [0.1, 0.15) is 12.3 Å². The molecule has 1 unspecified atom stereocenters. The fraction of sp³-hybridized carbons (Fsp3) is 0.464. The third kappa shape index (κ3) is 5.94. The van der Waals surface area contributed by atoms with E-state index in [1.807, 2.05) is 24.3 Å². The van der Waals surface area contributed by atoms with Gasteiger partial charge in [-0.05, 0) is 42.7 Å². The van der Waals surface area contributed by atoms with Crippen molar-refractivity contribution in [3.8, 4) is 5.75 Å². The van der Waals surface area contributed by atoms with E-state index in [0.29, 0.717) is 38.5 Å². The summed E-state index contributed by atoms with van der Waals surface area (Å²) in [5.41, 5.74) is 5.15. The van der Waals surface area contributed by atoms with Crippen molar-refractivity contribution in [2.75, 3.05) is 53.0 Å². The van der Waals surface area contributed by atoms with Crippen LogP contribution in [0.1, 0.15) is 41.6 Å². The maximum Gasteiger partial charge on any atom is 0.262 e. The smallest absolute Gasteiger partial charge is 0.262 e. The largest absolute Gasteiger partial charge is 0.496 e. The van der Waals surface area contributed by atoms with Crippen LogP contribution in [0.5, 0.6) is 5.75 Å². The van der Waals surface area contributed by atoms with Crippen LogP contribution in [-0.4, -0.2) is 85.4 Å². The molecule has 2 aliphatic heterocycles. The molecule has 1 saturated heterocycles. The number of rotatable bonds is 8. The monoisotopic (exact) mass is 492 g/mol. The molecule has 2 aromatic carbocycles. The number of hydrazone groups is 1. The zero-order valence-corrected chi connectivity index (χ0v) is 21.7. The predicted molar refractivity (Wildman–Crippen MR) is 139 cm³/mol. The van der Waals surface area contributed by atoms with E-state index in [-0.39, 0.29) is 24.4 Å². The van der Waals surface area contributed by atoms with Gasteiger partial charge < -0.3 is 14.4 Å². The van der Waals surface area contributed by atoms with Crippen LogP contribution in [0, 0.1) is 13.8 Å². The summed E-state index contributed by atoms with van der Waals surface area (Å²) in [4.78, 5) is 29.9. The van der Waals surface area contributed by atoms with E-state index >= 15 is 0 Å². The van der Waals surface area contributed by atoms with Crippen molar-refractivity contribution in [3.05, 3.63) is 64.7 Å². The maximum absolute atomic E-state index is 13.6. The van der Waals surface area contributed by atoms with Gasteiger partial charge in [-0.25, -0.2) is 5.01 Å². The molecule has 0 radical (unpaired) electrons. The number of nitrogens with zero attached hydrogens (tertiary/aromatic N) is 4. The number of ether oxygens (including phenoxy) is 2. The maximum atomic E-state index is 13.6. The Morgan fingerprint density at radius 3 is 2.56 bits per heavy atom. The van der Waals surface area contributed by atoms with Gasteiger partial charge in [0, 0.05) is 45.1 Å². The molecule has 0 N–H and O–H groups in total. The fourth-order valence-corrected chi connectivity index (χ4v) is 4.69. The Balaban J connectivity index is 1.58. The van der Waals surface area contributed by atoms with Crippen LogP contribution >= 0.6 is 0 Å². The quantitative estimate of drug-likeness (QED) is 0.566. The molecular formula is C28H36N4O4. The summed E-state index contributed by atoms with van der Waals surface area (Å²) in [5.74, 6) is 0.387. The zero-order valence-electron chi connectivity index (χ0n) is 21.7. The first-order chi connectivity index (χ1) is 17.4. The number of hydrogen-bond acceptors (Lipinski definition) is 6. The van der Waals surface area contributed by atoms with Crippen molar-refractivity contribution in [1.82, 2.24) is 14.8 Å². The second kappa shape index (κ2) is 11.7. The number of aryl methyl sites for hydroxylation is 2. The normalized spacial score (nSPS) is 18.2. The van der Waals surface area contributed by atoms with Crippen molar-refractivity contribution in [3.63, 3.8) is 0 Å². The number of carbonyl (C=O) groups excluding carboxylic acids is 2. The van der Waals surface area contributed by atoms with E-state index in [9.17, 15) is 9.59 Å². The molecule has 1 fully saturated rings. The van der Waals surface area contributed by atoms with Gasteiger partial charge in [-0.1, -0.05) is 30.3 Å². The molecule has 2 amide bonds. The molecule has 8 nitrogen and oxygen atoms in total. The number of para-hydroxylation sites is 1. The Bertz CT molecular complexity index is 1130. The van der Waals surface area contributed by atoms with Crippen molar-refractivity contribution >= 4 is 17.5 Å². The number of hydrogen-bond donors (Lipinski definition) is 0. The highest BCUT2D eigenvalue weighted by atomic mass is 16.5. The topological polar surface area (TPSA) is 74.7 Å². The molecule has 2 aromatic rings. The lowest BCUT2D eigenvalue weighted by molar-refractivity contribution is -0.140. The van der Waals surface area contributed by atoms with Crippen molar-refractivity contribution in [2.45, 2.75) is 33.2 Å². The van der Waals surface area contributed by atoms with Crippen molar-refractivity contribution in [1.29, 1.82) is 0 Å². The average molecular weight is 493 g/mol. The summed E-state index contributed by atoms with van der Waals surface area (Å²) in [6.45, 7) is 9.92. The summed E-state index contributed by atoms with van der Waals surface area (Å²) < 4.78 is 11.0.